The molecule has 2 aliphatic heterocycles. The first-order valence-electron chi connectivity index (χ1n) is 13.3. The number of rotatable bonds is 7. The lowest BCUT2D eigenvalue weighted by Gasteiger charge is -2.36. The van der Waals surface area contributed by atoms with E-state index in [1.54, 1.807) is 34.2 Å². The smallest absolute Gasteiger partial charge is 0.324 e. The van der Waals surface area contributed by atoms with E-state index in [0.29, 0.717) is 27.5 Å². The second-order valence-electron chi connectivity index (χ2n) is 9.84. The number of benzene rings is 3. The molecule has 1 saturated heterocycles. The van der Waals surface area contributed by atoms with Crippen molar-refractivity contribution in [1.82, 2.24) is 20.2 Å². The summed E-state index contributed by atoms with van der Waals surface area (Å²) in [5, 5.41) is 7.55. The Morgan fingerprint density at radius 2 is 1.77 bits per heavy atom. The fraction of sp³-hybridized carbons (Fsp3) is 0.233. The molecular formula is C30H29Cl2N7O. The Labute approximate surface area is 243 Å². The van der Waals surface area contributed by atoms with Gasteiger partial charge in [0.1, 0.15) is 0 Å². The summed E-state index contributed by atoms with van der Waals surface area (Å²) in [5.74, 6) is 0.953. The van der Waals surface area contributed by atoms with E-state index in [4.69, 9.17) is 28.2 Å². The van der Waals surface area contributed by atoms with E-state index in [1.807, 2.05) is 42.5 Å². The van der Waals surface area contributed by atoms with Gasteiger partial charge in [-0.1, -0.05) is 53.5 Å². The standard InChI is InChI=1S/C30H29Cl2N7O/c31-23-9-10-27(26(32)18-23)38-20-22-19-34-29(35-24-6-2-1-3-7-24)36-28(22)39(30(38)40)25-8-4-5-21(17-25)11-14-37-15-12-33-13-16-37/h1-10,17-19,33H,11-16,20H2,(H,34,35,36). The number of anilines is 5. The number of para-hydroxylation sites is 1. The number of piperazine rings is 1. The van der Waals surface area contributed by atoms with E-state index in [-0.39, 0.29) is 12.6 Å². The number of hydrogen-bond donors (Lipinski definition) is 2. The van der Waals surface area contributed by atoms with Crippen molar-refractivity contribution >= 4 is 58.1 Å². The Bertz CT molecular complexity index is 1510. The maximum absolute atomic E-state index is 14.2. The first kappa shape index (κ1) is 26.5. The quantitative estimate of drug-likeness (QED) is 0.272. The van der Waals surface area contributed by atoms with Gasteiger partial charge in [0.15, 0.2) is 5.82 Å². The van der Waals surface area contributed by atoms with Crippen molar-refractivity contribution < 1.29 is 4.79 Å². The number of carbonyl (C=O) groups is 1. The minimum absolute atomic E-state index is 0.250. The molecule has 0 radical (unpaired) electrons. The van der Waals surface area contributed by atoms with E-state index in [9.17, 15) is 4.79 Å². The van der Waals surface area contributed by atoms with Crippen LogP contribution in [0.1, 0.15) is 11.1 Å². The number of nitrogens with one attached hydrogen (secondary N) is 2. The average Bonchev–Trinajstić information content (AvgIpc) is 2.97. The van der Waals surface area contributed by atoms with Crippen molar-refractivity contribution in [2.24, 2.45) is 0 Å². The molecule has 0 unspecified atom stereocenters. The van der Waals surface area contributed by atoms with E-state index in [2.05, 4.69) is 32.7 Å². The van der Waals surface area contributed by atoms with Crippen LogP contribution >= 0.6 is 23.2 Å². The molecule has 0 spiro atoms. The Morgan fingerprint density at radius 1 is 0.950 bits per heavy atom. The van der Waals surface area contributed by atoms with E-state index in [0.717, 1.165) is 61.6 Å². The summed E-state index contributed by atoms with van der Waals surface area (Å²) in [6.07, 6.45) is 2.65. The third-order valence-corrected chi connectivity index (χ3v) is 7.67. The number of urea groups is 1. The molecule has 1 aromatic heterocycles. The maximum Gasteiger partial charge on any atom is 0.335 e. The van der Waals surface area contributed by atoms with Crippen LogP contribution in [0, 0.1) is 0 Å². The Balaban J connectivity index is 1.36. The van der Waals surface area contributed by atoms with Crippen LogP contribution in [-0.4, -0.2) is 53.6 Å². The highest BCUT2D eigenvalue weighted by atomic mass is 35.5. The molecule has 3 heterocycles. The van der Waals surface area contributed by atoms with E-state index >= 15 is 0 Å². The number of fused-ring (bicyclic) bond motifs is 1. The molecular weight excluding hydrogens is 545 g/mol. The molecule has 6 rings (SSSR count). The van der Waals surface area contributed by atoms with Crippen LogP contribution in [0.2, 0.25) is 10.0 Å². The molecule has 3 aromatic carbocycles. The second kappa shape index (κ2) is 11.8. The normalized spacial score (nSPS) is 15.7. The fourth-order valence-electron chi connectivity index (χ4n) is 5.06. The minimum atomic E-state index is -0.250. The van der Waals surface area contributed by atoms with Crippen molar-refractivity contribution in [3.8, 4) is 0 Å². The summed E-state index contributed by atoms with van der Waals surface area (Å²) >= 11 is 12.7. The molecule has 204 valence electrons. The van der Waals surface area contributed by atoms with Gasteiger partial charge in [-0.25, -0.2) is 14.7 Å². The molecule has 40 heavy (non-hydrogen) atoms. The number of aromatic nitrogens is 2. The van der Waals surface area contributed by atoms with Crippen LogP contribution in [0.25, 0.3) is 0 Å². The summed E-state index contributed by atoms with van der Waals surface area (Å²) in [6.45, 7) is 5.36. The second-order valence-corrected chi connectivity index (χ2v) is 10.7. The largest absolute Gasteiger partial charge is 0.335 e. The Morgan fingerprint density at radius 3 is 2.58 bits per heavy atom. The number of halogens is 2. The Kier molecular flexibility index (Phi) is 7.84. The molecule has 0 bridgehead atoms. The van der Waals surface area contributed by atoms with Crippen LogP contribution in [0.3, 0.4) is 0 Å². The lowest BCUT2D eigenvalue weighted by atomic mass is 10.1. The molecule has 0 atom stereocenters. The van der Waals surface area contributed by atoms with E-state index in [1.165, 1.54) is 0 Å². The molecule has 10 heteroatoms. The third kappa shape index (κ3) is 5.76. The van der Waals surface area contributed by atoms with Crippen LogP contribution in [0.5, 0.6) is 0 Å². The molecule has 2 N–H and O–H groups in total. The zero-order valence-corrected chi connectivity index (χ0v) is 23.4. The summed E-state index contributed by atoms with van der Waals surface area (Å²) in [6, 6.07) is 22.7. The van der Waals surface area contributed by atoms with Gasteiger partial charge in [0, 0.05) is 55.2 Å². The third-order valence-electron chi connectivity index (χ3n) is 7.13. The van der Waals surface area contributed by atoms with Crippen molar-refractivity contribution in [2.45, 2.75) is 13.0 Å². The number of nitrogens with zero attached hydrogens (tertiary/aromatic N) is 5. The summed E-state index contributed by atoms with van der Waals surface area (Å²) in [7, 11) is 0. The molecule has 2 aliphatic rings. The lowest BCUT2D eigenvalue weighted by molar-refractivity contribution is 0.244. The Hall–Kier alpha value is -3.69. The van der Waals surface area contributed by atoms with Gasteiger partial charge in [0.05, 0.1) is 22.9 Å². The molecule has 0 saturated carbocycles. The van der Waals surface area contributed by atoms with Gasteiger partial charge >= 0.3 is 6.03 Å². The van der Waals surface area contributed by atoms with Gasteiger partial charge in [0.2, 0.25) is 5.95 Å². The highest BCUT2D eigenvalue weighted by Gasteiger charge is 2.35. The molecule has 0 aliphatic carbocycles. The van der Waals surface area contributed by atoms with Gasteiger partial charge < -0.3 is 15.5 Å². The first-order chi connectivity index (χ1) is 19.5. The molecule has 1 fully saturated rings. The predicted octanol–water partition coefficient (Wildman–Crippen LogP) is 6.25. The van der Waals surface area contributed by atoms with Crippen molar-refractivity contribution in [3.05, 3.63) is 100 Å². The van der Waals surface area contributed by atoms with Crippen LogP contribution in [-0.2, 0) is 13.0 Å². The van der Waals surface area contributed by atoms with Gasteiger partial charge in [0.25, 0.3) is 0 Å². The van der Waals surface area contributed by atoms with Crippen molar-refractivity contribution in [1.29, 1.82) is 0 Å². The highest BCUT2D eigenvalue weighted by molar-refractivity contribution is 6.37. The summed E-state index contributed by atoms with van der Waals surface area (Å²) < 4.78 is 0. The zero-order chi connectivity index (χ0) is 27.5. The van der Waals surface area contributed by atoms with Crippen LogP contribution < -0.4 is 20.4 Å². The van der Waals surface area contributed by atoms with Gasteiger partial charge in [-0.2, -0.15) is 4.98 Å². The molecule has 4 aromatic rings. The number of carbonyl (C=O) groups excluding carboxylic acids is 1. The zero-order valence-electron chi connectivity index (χ0n) is 21.9. The van der Waals surface area contributed by atoms with Crippen molar-refractivity contribution in [3.63, 3.8) is 0 Å². The van der Waals surface area contributed by atoms with E-state index < -0.39 is 0 Å². The summed E-state index contributed by atoms with van der Waals surface area (Å²) in [4.78, 5) is 29.3. The van der Waals surface area contributed by atoms with Gasteiger partial charge in [-0.3, -0.25) is 4.90 Å². The van der Waals surface area contributed by atoms with Crippen molar-refractivity contribution in [2.75, 3.05) is 47.8 Å². The molecule has 8 nitrogen and oxygen atoms in total. The van der Waals surface area contributed by atoms with Gasteiger partial charge in [-0.05, 0) is 54.4 Å². The first-order valence-corrected chi connectivity index (χ1v) is 14.1. The highest BCUT2D eigenvalue weighted by Crippen LogP contribution is 2.39. The number of hydrogen-bond acceptors (Lipinski definition) is 6. The fourth-order valence-corrected chi connectivity index (χ4v) is 5.57. The summed E-state index contributed by atoms with van der Waals surface area (Å²) in [5.41, 5.74) is 4.14. The molecule has 2 amide bonds. The lowest BCUT2D eigenvalue weighted by Crippen LogP contribution is -2.45. The predicted molar refractivity (Wildman–Crippen MR) is 161 cm³/mol. The van der Waals surface area contributed by atoms with Crippen LogP contribution in [0.15, 0.2) is 79.0 Å². The monoisotopic (exact) mass is 573 g/mol. The van der Waals surface area contributed by atoms with Gasteiger partial charge in [-0.15, -0.1) is 0 Å². The average molecular weight is 575 g/mol. The SMILES string of the molecule is O=C1N(c2ccc(Cl)cc2Cl)Cc2cnc(Nc3ccccc3)nc2N1c1cccc(CCN2CCNCC2)c1. The number of amides is 2. The topological polar surface area (TPSA) is 76.6 Å². The van der Waals surface area contributed by atoms with Crippen LogP contribution in [0.4, 0.5) is 33.6 Å². The maximum atomic E-state index is 14.2. The minimum Gasteiger partial charge on any atom is -0.324 e.